The molecule has 0 aliphatic carbocycles. The molecule has 0 bridgehead atoms. The summed E-state index contributed by atoms with van der Waals surface area (Å²) in [7, 11) is 0. The normalized spacial score (nSPS) is 11.4. The highest BCUT2D eigenvalue weighted by Crippen LogP contribution is 2.33. The van der Waals surface area contributed by atoms with Crippen molar-refractivity contribution in [2.24, 2.45) is 0 Å². The Morgan fingerprint density at radius 1 is 0.806 bits per heavy atom. The lowest BCUT2D eigenvalue weighted by Gasteiger charge is -2.02. The fourth-order valence-corrected chi connectivity index (χ4v) is 3.70. The van der Waals surface area contributed by atoms with Gasteiger partial charge in [0.15, 0.2) is 0 Å². The van der Waals surface area contributed by atoms with E-state index in [9.17, 15) is 4.39 Å². The molecule has 7 nitrogen and oxygen atoms in total. The average Bonchev–Trinajstić information content (AvgIpc) is 3.43. The highest BCUT2D eigenvalue weighted by atomic mass is 19.1. The average molecular weight is 407 g/mol. The fraction of sp³-hybridized carbons (Fsp3) is 0. The first-order chi connectivity index (χ1) is 15.3. The van der Waals surface area contributed by atoms with Gasteiger partial charge in [0.25, 0.3) is 0 Å². The molecule has 0 fully saturated rings. The van der Waals surface area contributed by atoms with Gasteiger partial charge in [0.1, 0.15) is 23.4 Å². The Labute approximate surface area is 175 Å². The molecule has 0 saturated carbocycles. The molecule has 6 rings (SSSR count). The lowest BCUT2D eigenvalue weighted by Crippen LogP contribution is -1.87. The number of benzene rings is 1. The molecule has 0 spiro atoms. The minimum absolute atomic E-state index is 0.278. The molecule has 5 heterocycles. The molecule has 0 radical (unpaired) electrons. The Morgan fingerprint density at radius 3 is 2.48 bits per heavy atom. The molecule has 0 aliphatic rings. The Hall–Kier alpha value is -4.46. The molecule has 31 heavy (non-hydrogen) atoms. The number of hydrogen-bond donors (Lipinski definition) is 2. The number of nitrogens with zero attached hydrogens (tertiary/aromatic N) is 5. The third kappa shape index (κ3) is 2.93. The molecule has 5 aromatic heterocycles. The highest BCUT2D eigenvalue weighted by molar-refractivity contribution is 5.99. The number of rotatable bonds is 3. The summed E-state index contributed by atoms with van der Waals surface area (Å²) in [5.74, 6) is -0.278. The smallest absolute Gasteiger partial charge is 0.135 e. The van der Waals surface area contributed by atoms with Crippen LogP contribution in [-0.2, 0) is 0 Å². The van der Waals surface area contributed by atoms with E-state index in [0.717, 1.165) is 50.1 Å². The Balaban J connectivity index is 1.51. The summed E-state index contributed by atoms with van der Waals surface area (Å²) >= 11 is 0. The van der Waals surface area contributed by atoms with Crippen LogP contribution in [0, 0.1) is 5.82 Å². The Kier molecular flexibility index (Phi) is 3.82. The van der Waals surface area contributed by atoms with Crippen LogP contribution in [0.2, 0.25) is 0 Å². The molecule has 0 aliphatic heterocycles. The van der Waals surface area contributed by atoms with Crippen molar-refractivity contribution in [3.05, 3.63) is 79.3 Å². The second kappa shape index (κ2) is 6.81. The Bertz CT molecular complexity index is 1540. The number of H-pyrrole nitrogens is 2. The summed E-state index contributed by atoms with van der Waals surface area (Å²) in [6.07, 6.45) is 6.67. The van der Waals surface area contributed by atoms with Gasteiger partial charge in [-0.25, -0.2) is 19.3 Å². The van der Waals surface area contributed by atoms with Crippen LogP contribution in [0.15, 0.2) is 73.4 Å². The monoisotopic (exact) mass is 407 g/mol. The van der Waals surface area contributed by atoms with Gasteiger partial charge in [-0.15, -0.1) is 0 Å². The Morgan fingerprint density at radius 2 is 1.65 bits per heavy atom. The molecule has 0 amide bonds. The number of fused-ring (bicyclic) bond motifs is 2. The minimum Gasteiger partial charge on any atom is -0.353 e. The van der Waals surface area contributed by atoms with Crippen LogP contribution in [0.1, 0.15) is 0 Å². The molecule has 2 N–H and O–H groups in total. The first kappa shape index (κ1) is 17.4. The van der Waals surface area contributed by atoms with E-state index in [2.05, 4.69) is 30.1 Å². The van der Waals surface area contributed by atoms with E-state index < -0.39 is 0 Å². The van der Waals surface area contributed by atoms with E-state index in [-0.39, 0.29) is 5.82 Å². The number of hydrogen-bond acceptors (Lipinski definition) is 5. The number of aromatic nitrogens is 7. The SMILES string of the molecule is Fc1ccc(-c2nccc3[nH]c(-c4n[nH]c5ccc(-c6cncnc6)nc45)cc23)cc1. The van der Waals surface area contributed by atoms with E-state index >= 15 is 0 Å². The summed E-state index contributed by atoms with van der Waals surface area (Å²) in [4.78, 5) is 20.9. The third-order valence-electron chi connectivity index (χ3n) is 5.18. The predicted octanol–water partition coefficient (Wildman–Crippen LogP) is 4.76. The molecule has 6 aromatic rings. The van der Waals surface area contributed by atoms with Crippen LogP contribution < -0.4 is 0 Å². The number of nitrogens with one attached hydrogen (secondary N) is 2. The molecule has 0 atom stereocenters. The van der Waals surface area contributed by atoms with Gasteiger partial charge in [0.2, 0.25) is 0 Å². The summed E-state index contributed by atoms with van der Waals surface area (Å²) in [6.45, 7) is 0. The van der Waals surface area contributed by atoms with Gasteiger partial charge in [0.05, 0.1) is 22.6 Å². The van der Waals surface area contributed by atoms with Crippen molar-refractivity contribution in [1.82, 2.24) is 35.1 Å². The zero-order valence-corrected chi connectivity index (χ0v) is 16.0. The highest BCUT2D eigenvalue weighted by Gasteiger charge is 2.16. The van der Waals surface area contributed by atoms with Gasteiger partial charge in [-0.05, 0) is 48.5 Å². The van der Waals surface area contributed by atoms with E-state index in [1.54, 1.807) is 30.7 Å². The lowest BCUT2D eigenvalue weighted by molar-refractivity contribution is 0.628. The number of halogens is 1. The van der Waals surface area contributed by atoms with Crippen molar-refractivity contribution in [3.8, 4) is 33.9 Å². The van der Waals surface area contributed by atoms with Crippen molar-refractivity contribution in [2.45, 2.75) is 0 Å². The van der Waals surface area contributed by atoms with Crippen LogP contribution in [0.25, 0.3) is 55.8 Å². The molecule has 148 valence electrons. The van der Waals surface area contributed by atoms with Gasteiger partial charge in [-0.2, -0.15) is 5.10 Å². The topological polar surface area (TPSA) is 96.0 Å². The van der Waals surface area contributed by atoms with Crippen LogP contribution >= 0.6 is 0 Å². The molecule has 0 unspecified atom stereocenters. The first-order valence-corrected chi connectivity index (χ1v) is 9.61. The zero-order valence-electron chi connectivity index (χ0n) is 16.0. The van der Waals surface area contributed by atoms with Gasteiger partial charge in [0, 0.05) is 40.6 Å². The van der Waals surface area contributed by atoms with Crippen molar-refractivity contribution in [2.75, 3.05) is 0 Å². The van der Waals surface area contributed by atoms with Crippen molar-refractivity contribution >= 4 is 21.9 Å². The third-order valence-corrected chi connectivity index (χ3v) is 5.18. The standard InChI is InChI=1S/C23H14FN7/c24-15-3-1-13(2-4-15)21-16-9-20(28-18(16)7-8-27-21)23-22-19(30-31-23)6-5-17(29-22)14-10-25-12-26-11-14/h1-12,28H,(H,30,31). The van der Waals surface area contributed by atoms with Gasteiger partial charge in [-0.1, -0.05) is 0 Å². The van der Waals surface area contributed by atoms with Gasteiger partial charge < -0.3 is 4.98 Å². The van der Waals surface area contributed by atoms with E-state index in [4.69, 9.17) is 4.98 Å². The maximum atomic E-state index is 13.4. The summed E-state index contributed by atoms with van der Waals surface area (Å²) in [5, 5.41) is 8.45. The molecular weight excluding hydrogens is 393 g/mol. The van der Waals surface area contributed by atoms with Crippen LogP contribution in [-0.4, -0.2) is 35.1 Å². The van der Waals surface area contributed by atoms with Crippen molar-refractivity contribution in [1.29, 1.82) is 0 Å². The largest absolute Gasteiger partial charge is 0.353 e. The van der Waals surface area contributed by atoms with Crippen LogP contribution in [0.3, 0.4) is 0 Å². The lowest BCUT2D eigenvalue weighted by atomic mass is 10.1. The predicted molar refractivity (Wildman–Crippen MR) is 115 cm³/mol. The van der Waals surface area contributed by atoms with E-state index in [1.807, 2.05) is 24.3 Å². The molecular formula is C23H14FN7. The fourth-order valence-electron chi connectivity index (χ4n) is 3.70. The second-order valence-corrected chi connectivity index (χ2v) is 7.10. The van der Waals surface area contributed by atoms with Crippen molar-refractivity contribution < 1.29 is 4.39 Å². The van der Waals surface area contributed by atoms with Gasteiger partial charge >= 0.3 is 0 Å². The maximum absolute atomic E-state index is 13.4. The number of pyridine rings is 2. The molecule has 8 heteroatoms. The molecule has 1 aromatic carbocycles. The minimum atomic E-state index is -0.278. The molecule has 0 saturated heterocycles. The van der Waals surface area contributed by atoms with Crippen molar-refractivity contribution in [3.63, 3.8) is 0 Å². The summed E-state index contributed by atoms with van der Waals surface area (Å²) < 4.78 is 13.4. The zero-order chi connectivity index (χ0) is 20.8. The van der Waals surface area contributed by atoms with Crippen LogP contribution in [0.4, 0.5) is 4.39 Å². The maximum Gasteiger partial charge on any atom is 0.135 e. The summed E-state index contributed by atoms with van der Waals surface area (Å²) in [5.41, 5.74) is 7.20. The van der Waals surface area contributed by atoms with E-state index in [0.29, 0.717) is 5.69 Å². The number of aromatic amines is 2. The first-order valence-electron chi connectivity index (χ1n) is 9.61. The van der Waals surface area contributed by atoms with Gasteiger partial charge in [-0.3, -0.25) is 10.1 Å². The summed E-state index contributed by atoms with van der Waals surface area (Å²) in [6, 6.07) is 14.1. The van der Waals surface area contributed by atoms with Crippen LogP contribution in [0.5, 0.6) is 0 Å². The quantitative estimate of drug-likeness (QED) is 0.441. The van der Waals surface area contributed by atoms with E-state index in [1.165, 1.54) is 18.5 Å². The second-order valence-electron chi connectivity index (χ2n) is 7.10.